The fourth-order valence-electron chi connectivity index (χ4n) is 3.78. The minimum atomic E-state index is 0.827. The van der Waals surface area contributed by atoms with E-state index in [9.17, 15) is 0 Å². The summed E-state index contributed by atoms with van der Waals surface area (Å²) in [6, 6.07) is 7.84. The zero-order chi connectivity index (χ0) is 13.2. The van der Waals surface area contributed by atoms with E-state index in [2.05, 4.69) is 42.3 Å². The van der Waals surface area contributed by atoms with E-state index in [0.717, 1.165) is 25.0 Å². The number of nitrogens with zero attached hydrogens (tertiary/aromatic N) is 1. The highest BCUT2D eigenvalue weighted by atomic mass is 15.2. The van der Waals surface area contributed by atoms with Crippen LogP contribution < -0.4 is 10.2 Å². The highest BCUT2D eigenvalue weighted by molar-refractivity contribution is 5.56. The van der Waals surface area contributed by atoms with E-state index in [1.54, 1.807) is 0 Å². The van der Waals surface area contributed by atoms with Gasteiger partial charge in [0.2, 0.25) is 0 Å². The Balaban J connectivity index is 1.69. The van der Waals surface area contributed by atoms with Gasteiger partial charge < -0.3 is 10.2 Å². The summed E-state index contributed by atoms with van der Waals surface area (Å²) in [5.41, 5.74) is 4.34. The first-order chi connectivity index (χ1) is 9.28. The summed E-state index contributed by atoms with van der Waals surface area (Å²) in [6.45, 7) is 7.88. The standard InChI is InChI=1S/C17H26N2/c1-3-8-18-11-14-5-7-17(13(2)9-14)19-12-15-4-6-16(19)10-15/h5,7,9,15-16,18H,3-4,6,8,10-12H2,1-2H3. The molecule has 1 aromatic rings. The molecule has 0 aromatic heterocycles. The van der Waals surface area contributed by atoms with Crippen molar-refractivity contribution in [3.05, 3.63) is 29.3 Å². The van der Waals surface area contributed by atoms with E-state index in [1.165, 1.54) is 49.0 Å². The Hall–Kier alpha value is -1.02. The molecule has 1 N–H and O–H groups in total. The Bertz CT molecular complexity index is 441. The van der Waals surface area contributed by atoms with Crippen LogP contribution in [0.25, 0.3) is 0 Å². The quantitative estimate of drug-likeness (QED) is 0.813. The van der Waals surface area contributed by atoms with E-state index in [-0.39, 0.29) is 0 Å². The molecule has 2 atom stereocenters. The van der Waals surface area contributed by atoms with Gasteiger partial charge in [-0.25, -0.2) is 0 Å². The summed E-state index contributed by atoms with van der Waals surface area (Å²) >= 11 is 0. The van der Waals surface area contributed by atoms with Crippen LogP contribution in [0.1, 0.15) is 43.7 Å². The Morgan fingerprint density at radius 3 is 2.84 bits per heavy atom. The monoisotopic (exact) mass is 258 g/mol. The lowest BCUT2D eigenvalue weighted by Gasteiger charge is -2.30. The number of benzene rings is 1. The van der Waals surface area contributed by atoms with Crippen molar-refractivity contribution in [2.75, 3.05) is 18.0 Å². The van der Waals surface area contributed by atoms with Gasteiger partial charge in [0.15, 0.2) is 0 Å². The zero-order valence-electron chi connectivity index (χ0n) is 12.3. The average Bonchev–Trinajstić information content (AvgIpc) is 3.01. The van der Waals surface area contributed by atoms with Crippen LogP contribution in [0.2, 0.25) is 0 Å². The molecule has 0 radical (unpaired) electrons. The van der Waals surface area contributed by atoms with E-state index in [4.69, 9.17) is 0 Å². The van der Waals surface area contributed by atoms with Crippen LogP contribution in [0.3, 0.4) is 0 Å². The second kappa shape index (κ2) is 5.54. The number of hydrogen-bond donors (Lipinski definition) is 1. The van der Waals surface area contributed by atoms with Gasteiger partial charge in [0.05, 0.1) is 0 Å². The smallest absolute Gasteiger partial charge is 0.0398 e. The van der Waals surface area contributed by atoms with Gasteiger partial charge in [-0.1, -0.05) is 19.1 Å². The number of piperidine rings is 1. The molecule has 1 aliphatic carbocycles. The number of aryl methyl sites for hydroxylation is 1. The van der Waals surface area contributed by atoms with Crippen molar-refractivity contribution in [1.82, 2.24) is 5.32 Å². The number of fused-ring (bicyclic) bond motifs is 2. The highest BCUT2D eigenvalue weighted by Crippen LogP contribution is 2.41. The molecule has 1 saturated carbocycles. The van der Waals surface area contributed by atoms with Crippen LogP contribution in [0.15, 0.2) is 18.2 Å². The molecule has 1 saturated heterocycles. The van der Waals surface area contributed by atoms with E-state index in [1.807, 2.05) is 0 Å². The normalized spacial score (nSPS) is 25.3. The van der Waals surface area contributed by atoms with E-state index in [0.29, 0.717) is 0 Å². The zero-order valence-corrected chi connectivity index (χ0v) is 12.3. The Kier molecular flexibility index (Phi) is 3.79. The lowest BCUT2D eigenvalue weighted by atomic mass is 10.1. The predicted octanol–water partition coefficient (Wildman–Crippen LogP) is 3.48. The Morgan fingerprint density at radius 1 is 1.32 bits per heavy atom. The third kappa shape index (κ3) is 2.64. The van der Waals surface area contributed by atoms with Crippen molar-refractivity contribution in [3.63, 3.8) is 0 Å². The van der Waals surface area contributed by atoms with Gasteiger partial charge in [-0.2, -0.15) is 0 Å². The van der Waals surface area contributed by atoms with Crippen molar-refractivity contribution >= 4 is 5.69 Å². The van der Waals surface area contributed by atoms with Gasteiger partial charge in [-0.05, 0) is 62.3 Å². The maximum absolute atomic E-state index is 3.48. The summed E-state index contributed by atoms with van der Waals surface area (Å²) in [4.78, 5) is 2.66. The van der Waals surface area contributed by atoms with Gasteiger partial charge >= 0.3 is 0 Å². The molecular weight excluding hydrogens is 232 g/mol. The molecule has 2 bridgehead atoms. The summed E-state index contributed by atoms with van der Waals surface area (Å²) in [5, 5.41) is 3.48. The lowest BCUT2D eigenvalue weighted by molar-refractivity contribution is 0.553. The second-order valence-corrected chi connectivity index (χ2v) is 6.28. The Morgan fingerprint density at radius 2 is 2.21 bits per heavy atom. The molecule has 3 rings (SSSR count). The van der Waals surface area contributed by atoms with Crippen molar-refractivity contribution in [3.8, 4) is 0 Å². The van der Waals surface area contributed by atoms with Gasteiger partial charge in [-0.3, -0.25) is 0 Å². The Labute approximate surface area is 117 Å². The molecule has 19 heavy (non-hydrogen) atoms. The minimum Gasteiger partial charge on any atom is -0.368 e. The van der Waals surface area contributed by atoms with Crippen LogP contribution in [0, 0.1) is 12.8 Å². The molecule has 2 unspecified atom stereocenters. The second-order valence-electron chi connectivity index (χ2n) is 6.28. The topological polar surface area (TPSA) is 15.3 Å². The number of hydrogen-bond acceptors (Lipinski definition) is 2. The summed E-state index contributed by atoms with van der Waals surface area (Å²) in [5.74, 6) is 0.968. The first-order valence-electron chi connectivity index (χ1n) is 7.85. The van der Waals surface area contributed by atoms with Gasteiger partial charge in [0, 0.05) is 24.8 Å². The van der Waals surface area contributed by atoms with Crippen LogP contribution in [0.5, 0.6) is 0 Å². The van der Waals surface area contributed by atoms with Gasteiger partial charge in [0.1, 0.15) is 0 Å². The molecule has 2 fully saturated rings. The third-order valence-electron chi connectivity index (χ3n) is 4.74. The molecule has 1 aromatic carbocycles. The maximum atomic E-state index is 3.48. The molecule has 0 amide bonds. The van der Waals surface area contributed by atoms with Crippen molar-refractivity contribution in [2.45, 2.75) is 52.1 Å². The van der Waals surface area contributed by atoms with Crippen LogP contribution in [0.4, 0.5) is 5.69 Å². The van der Waals surface area contributed by atoms with Crippen molar-refractivity contribution in [1.29, 1.82) is 0 Å². The molecular formula is C17H26N2. The van der Waals surface area contributed by atoms with Gasteiger partial charge in [-0.15, -0.1) is 0 Å². The van der Waals surface area contributed by atoms with Crippen LogP contribution in [-0.4, -0.2) is 19.1 Å². The van der Waals surface area contributed by atoms with Crippen molar-refractivity contribution < 1.29 is 0 Å². The molecule has 1 aliphatic heterocycles. The molecule has 104 valence electrons. The fourth-order valence-corrected chi connectivity index (χ4v) is 3.78. The third-order valence-corrected chi connectivity index (χ3v) is 4.74. The summed E-state index contributed by atoms with van der Waals surface area (Å²) in [7, 11) is 0. The van der Waals surface area contributed by atoms with E-state index >= 15 is 0 Å². The first kappa shape index (κ1) is 13.0. The summed E-state index contributed by atoms with van der Waals surface area (Å²) < 4.78 is 0. The molecule has 2 nitrogen and oxygen atoms in total. The SMILES string of the molecule is CCCNCc1ccc(N2CC3CCC2C3)c(C)c1. The lowest BCUT2D eigenvalue weighted by Crippen LogP contribution is -2.32. The molecule has 0 spiro atoms. The highest BCUT2D eigenvalue weighted by Gasteiger charge is 2.38. The first-order valence-corrected chi connectivity index (χ1v) is 7.85. The maximum Gasteiger partial charge on any atom is 0.0398 e. The molecule has 2 heteroatoms. The summed E-state index contributed by atoms with van der Waals surface area (Å²) in [6.07, 6.45) is 5.50. The average molecular weight is 258 g/mol. The fraction of sp³-hybridized carbons (Fsp3) is 0.647. The number of anilines is 1. The molecule has 1 heterocycles. The van der Waals surface area contributed by atoms with Crippen LogP contribution in [-0.2, 0) is 6.54 Å². The van der Waals surface area contributed by atoms with Crippen molar-refractivity contribution in [2.24, 2.45) is 5.92 Å². The van der Waals surface area contributed by atoms with E-state index < -0.39 is 0 Å². The van der Waals surface area contributed by atoms with Gasteiger partial charge in [0.25, 0.3) is 0 Å². The number of nitrogens with one attached hydrogen (secondary N) is 1. The number of rotatable bonds is 5. The largest absolute Gasteiger partial charge is 0.368 e. The minimum absolute atomic E-state index is 0.827. The molecule has 2 aliphatic rings. The predicted molar refractivity (Wildman–Crippen MR) is 81.7 cm³/mol. The van der Waals surface area contributed by atoms with Crippen LogP contribution >= 0.6 is 0 Å².